The minimum atomic E-state index is -0.873. The molecule has 1 aliphatic rings. The third-order valence-corrected chi connectivity index (χ3v) is 2.95. The molecule has 2 N–H and O–H groups in total. The molecule has 92 valence electrons. The van der Waals surface area contributed by atoms with Crippen molar-refractivity contribution in [3.63, 3.8) is 0 Å². The van der Waals surface area contributed by atoms with Crippen molar-refractivity contribution in [2.24, 2.45) is 11.7 Å². The SMILES string of the molecule is NCC1CC(Oc2cccc(F)c2[N+](=O)[O-])C1. The molecule has 0 bridgehead atoms. The van der Waals surface area contributed by atoms with Crippen molar-refractivity contribution >= 4 is 5.69 Å². The molecule has 2 rings (SSSR count). The fourth-order valence-corrected chi connectivity index (χ4v) is 1.91. The molecule has 17 heavy (non-hydrogen) atoms. The Kier molecular flexibility index (Phi) is 3.23. The number of benzene rings is 1. The van der Waals surface area contributed by atoms with Crippen LogP contribution in [0.5, 0.6) is 5.75 Å². The Labute approximate surface area is 97.5 Å². The van der Waals surface area contributed by atoms with Gasteiger partial charge in [-0.05, 0) is 37.4 Å². The lowest BCUT2D eigenvalue weighted by atomic mass is 9.82. The molecule has 0 unspecified atom stereocenters. The molecular weight excluding hydrogens is 227 g/mol. The molecule has 0 aromatic heterocycles. The summed E-state index contributed by atoms with van der Waals surface area (Å²) in [6.45, 7) is 0.588. The van der Waals surface area contributed by atoms with E-state index in [1.165, 1.54) is 12.1 Å². The molecule has 1 aliphatic carbocycles. The second-order valence-corrected chi connectivity index (χ2v) is 4.16. The monoisotopic (exact) mass is 240 g/mol. The standard InChI is InChI=1S/C11H13FN2O3/c12-9-2-1-3-10(11(9)14(15)16)17-8-4-7(5-8)6-13/h1-3,7-8H,4-6,13H2. The van der Waals surface area contributed by atoms with Gasteiger partial charge >= 0.3 is 5.69 Å². The van der Waals surface area contributed by atoms with Crippen molar-refractivity contribution in [1.82, 2.24) is 0 Å². The second kappa shape index (κ2) is 4.67. The lowest BCUT2D eigenvalue weighted by molar-refractivity contribution is -0.388. The fraction of sp³-hybridized carbons (Fsp3) is 0.455. The highest BCUT2D eigenvalue weighted by Gasteiger charge is 2.32. The Balaban J connectivity index is 2.11. The molecule has 1 saturated carbocycles. The van der Waals surface area contributed by atoms with Crippen LogP contribution in [0.3, 0.4) is 0 Å². The first kappa shape index (κ1) is 11.8. The van der Waals surface area contributed by atoms with E-state index in [9.17, 15) is 14.5 Å². The molecule has 0 heterocycles. The van der Waals surface area contributed by atoms with Crippen molar-refractivity contribution in [1.29, 1.82) is 0 Å². The Morgan fingerprint density at radius 2 is 2.24 bits per heavy atom. The van der Waals surface area contributed by atoms with Crippen LogP contribution in [0, 0.1) is 21.8 Å². The minimum Gasteiger partial charge on any atom is -0.483 e. The molecule has 1 fully saturated rings. The van der Waals surface area contributed by atoms with E-state index in [0.717, 1.165) is 18.9 Å². The first-order valence-electron chi connectivity index (χ1n) is 5.41. The molecule has 0 amide bonds. The van der Waals surface area contributed by atoms with E-state index in [0.29, 0.717) is 12.5 Å². The zero-order valence-corrected chi connectivity index (χ0v) is 9.14. The zero-order chi connectivity index (χ0) is 12.4. The van der Waals surface area contributed by atoms with Crippen molar-refractivity contribution in [3.05, 3.63) is 34.1 Å². The summed E-state index contributed by atoms with van der Waals surface area (Å²) in [6, 6.07) is 3.86. The van der Waals surface area contributed by atoms with Crippen LogP contribution in [-0.4, -0.2) is 17.6 Å². The number of para-hydroxylation sites is 1. The van der Waals surface area contributed by atoms with E-state index >= 15 is 0 Å². The van der Waals surface area contributed by atoms with Gasteiger partial charge in [0.05, 0.1) is 11.0 Å². The molecule has 5 nitrogen and oxygen atoms in total. The first-order valence-corrected chi connectivity index (χ1v) is 5.41. The normalized spacial score (nSPS) is 22.9. The van der Waals surface area contributed by atoms with Crippen molar-refractivity contribution < 1.29 is 14.1 Å². The highest BCUT2D eigenvalue weighted by molar-refractivity contribution is 5.47. The van der Waals surface area contributed by atoms with E-state index in [1.807, 2.05) is 0 Å². The van der Waals surface area contributed by atoms with Crippen molar-refractivity contribution in [2.45, 2.75) is 18.9 Å². The first-order chi connectivity index (χ1) is 8.11. The van der Waals surface area contributed by atoms with Gasteiger partial charge in [0.1, 0.15) is 0 Å². The van der Waals surface area contributed by atoms with Crippen molar-refractivity contribution in [2.75, 3.05) is 6.54 Å². The molecule has 0 atom stereocenters. The number of nitrogens with zero attached hydrogens (tertiary/aromatic N) is 1. The van der Waals surface area contributed by atoms with E-state index < -0.39 is 16.4 Å². The second-order valence-electron chi connectivity index (χ2n) is 4.16. The zero-order valence-electron chi connectivity index (χ0n) is 9.14. The highest BCUT2D eigenvalue weighted by Crippen LogP contribution is 2.35. The maximum absolute atomic E-state index is 13.3. The number of ether oxygens (including phenoxy) is 1. The third-order valence-electron chi connectivity index (χ3n) is 2.95. The summed E-state index contributed by atoms with van der Waals surface area (Å²) >= 11 is 0. The summed E-state index contributed by atoms with van der Waals surface area (Å²) in [6.07, 6.45) is 1.44. The summed E-state index contributed by atoms with van der Waals surface area (Å²) in [5.74, 6) is -0.467. The Bertz CT molecular complexity index is 433. The van der Waals surface area contributed by atoms with Gasteiger partial charge in [-0.3, -0.25) is 10.1 Å². The number of rotatable bonds is 4. The molecule has 1 aromatic carbocycles. The summed E-state index contributed by atoms with van der Waals surface area (Å²) in [5, 5.41) is 10.7. The quantitative estimate of drug-likeness (QED) is 0.643. The van der Waals surface area contributed by atoms with E-state index in [2.05, 4.69) is 0 Å². The number of nitrogens with two attached hydrogens (primary N) is 1. The maximum Gasteiger partial charge on any atom is 0.346 e. The molecule has 0 radical (unpaired) electrons. The summed E-state index contributed by atoms with van der Waals surface area (Å²) in [4.78, 5) is 9.96. The number of hydrogen-bond acceptors (Lipinski definition) is 4. The van der Waals surface area contributed by atoms with E-state index in [1.54, 1.807) is 0 Å². The van der Waals surface area contributed by atoms with Crippen LogP contribution in [0.1, 0.15) is 12.8 Å². The molecular formula is C11H13FN2O3. The van der Waals surface area contributed by atoms with Crippen molar-refractivity contribution in [3.8, 4) is 5.75 Å². The number of halogens is 1. The van der Waals surface area contributed by atoms with Crippen LogP contribution >= 0.6 is 0 Å². The average molecular weight is 240 g/mol. The molecule has 6 heteroatoms. The number of nitro benzene ring substituents is 1. The van der Waals surface area contributed by atoms with Crippen LogP contribution in [-0.2, 0) is 0 Å². The molecule has 0 aliphatic heterocycles. The van der Waals surface area contributed by atoms with E-state index in [-0.39, 0.29) is 11.9 Å². The van der Waals surface area contributed by atoms with Gasteiger partial charge in [0.25, 0.3) is 0 Å². The summed E-state index contributed by atoms with van der Waals surface area (Å²) in [5.41, 5.74) is 4.87. The van der Waals surface area contributed by atoms with Gasteiger partial charge in [-0.15, -0.1) is 0 Å². The topological polar surface area (TPSA) is 78.4 Å². The lowest BCUT2D eigenvalue weighted by Gasteiger charge is -2.34. The number of hydrogen-bond donors (Lipinski definition) is 1. The predicted octanol–water partition coefficient (Wildman–Crippen LogP) is 1.85. The predicted molar refractivity (Wildman–Crippen MR) is 59.2 cm³/mol. The smallest absolute Gasteiger partial charge is 0.346 e. The van der Waals surface area contributed by atoms with Crippen LogP contribution < -0.4 is 10.5 Å². The Morgan fingerprint density at radius 1 is 1.53 bits per heavy atom. The van der Waals surface area contributed by atoms with Crippen LogP contribution in [0.2, 0.25) is 0 Å². The minimum absolute atomic E-state index is 0.00419. The van der Waals surface area contributed by atoms with Gasteiger partial charge in [0.15, 0.2) is 0 Å². The fourth-order valence-electron chi connectivity index (χ4n) is 1.91. The Morgan fingerprint density at radius 3 is 2.82 bits per heavy atom. The highest BCUT2D eigenvalue weighted by atomic mass is 19.1. The van der Waals surface area contributed by atoms with Gasteiger partial charge in [0, 0.05) is 0 Å². The average Bonchev–Trinajstić information content (AvgIpc) is 2.22. The largest absolute Gasteiger partial charge is 0.483 e. The van der Waals surface area contributed by atoms with Crippen LogP contribution in [0.4, 0.5) is 10.1 Å². The van der Waals surface area contributed by atoms with Gasteiger partial charge in [-0.1, -0.05) is 6.07 Å². The summed E-state index contributed by atoms with van der Waals surface area (Å²) < 4.78 is 18.7. The maximum atomic E-state index is 13.3. The van der Waals surface area contributed by atoms with Gasteiger partial charge in [-0.2, -0.15) is 4.39 Å². The van der Waals surface area contributed by atoms with Gasteiger partial charge in [-0.25, -0.2) is 0 Å². The molecule has 0 saturated heterocycles. The third kappa shape index (κ3) is 2.36. The van der Waals surface area contributed by atoms with Crippen LogP contribution in [0.25, 0.3) is 0 Å². The van der Waals surface area contributed by atoms with Crippen LogP contribution in [0.15, 0.2) is 18.2 Å². The Hall–Kier alpha value is -1.69. The molecule has 1 aromatic rings. The molecule has 0 spiro atoms. The number of nitro groups is 1. The van der Waals surface area contributed by atoms with Gasteiger partial charge < -0.3 is 10.5 Å². The lowest BCUT2D eigenvalue weighted by Crippen LogP contribution is -2.37. The van der Waals surface area contributed by atoms with E-state index in [4.69, 9.17) is 10.5 Å². The summed E-state index contributed by atoms with van der Waals surface area (Å²) in [7, 11) is 0. The van der Waals surface area contributed by atoms with Gasteiger partial charge in [0.2, 0.25) is 11.6 Å².